The predicted molar refractivity (Wildman–Crippen MR) is 107 cm³/mol. The normalized spacial score (nSPS) is 14.0. The first-order chi connectivity index (χ1) is 13.5. The Morgan fingerprint density at radius 1 is 1.07 bits per heavy atom. The fraction of sp³-hybridized carbons (Fsp3) is 0.217. The second-order valence-corrected chi connectivity index (χ2v) is 7.92. The van der Waals surface area contributed by atoms with E-state index in [1.165, 1.54) is 18.9 Å². The van der Waals surface area contributed by atoms with Crippen LogP contribution in [0.4, 0.5) is 0 Å². The van der Waals surface area contributed by atoms with E-state index in [0.29, 0.717) is 17.3 Å². The van der Waals surface area contributed by atoms with Gasteiger partial charge < -0.3 is 14.6 Å². The Morgan fingerprint density at radius 3 is 2.48 bits per heavy atom. The van der Waals surface area contributed by atoms with E-state index in [1.807, 2.05) is 42.5 Å². The van der Waals surface area contributed by atoms with Gasteiger partial charge in [-0.2, -0.15) is 0 Å². The van der Waals surface area contributed by atoms with Gasteiger partial charge in [0, 0.05) is 21.6 Å². The van der Waals surface area contributed by atoms with Crippen LogP contribution >= 0.6 is 11.6 Å². The molecule has 3 aromatic rings. The third kappa shape index (κ3) is 5.01. The van der Waals surface area contributed by atoms with Crippen molar-refractivity contribution in [2.75, 3.05) is 6.61 Å². The average molecular weight is 416 g/mol. The number of hydrogen-bond donors (Lipinski definition) is 0. The van der Waals surface area contributed by atoms with Crippen LogP contribution in [0.1, 0.15) is 30.3 Å². The maximum atomic E-state index is 11.2. The van der Waals surface area contributed by atoms with Gasteiger partial charge in [0.25, 0.3) is 0 Å². The van der Waals surface area contributed by atoms with Gasteiger partial charge in [0.2, 0.25) is 0 Å². The molecule has 0 spiro atoms. The quantitative estimate of drug-likeness (QED) is 0.574. The van der Waals surface area contributed by atoms with Crippen molar-refractivity contribution in [3.05, 3.63) is 71.4 Å². The zero-order chi connectivity index (χ0) is 19.7. The number of rotatable bonds is 6. The van der Waals surface area contributed by atoms with Crippen LogP contribution in [0.15, 0.2) is 60.7 Å². The van der Waals surface area contributed by atoms with Crippen molar-refractivity contribution in [1.29, 1.82) is 0 Å². The summed E-state index contributed by atoms with van der Waals surface area (Å²) in [4.78, 5) is 15.5. The van der Waals surface area contributed by atoms with E-state index in [1.54, 1.807) is 12.1 Å². The monoisotopic (exact) mass is 415 g/mol. The van der Waals surface area contributed by atoms with Crippen LogP contribution in [0.3, 0.4) is 0 Å². The van der Waals surface area contributed by atoms with Crippen LogP contribution < -0.4 is 39.4 Å². The zero-order valence-electron chi connectivity index (χ0n) is 16.4. The number of ether oxygens (including phenoxy) is 1. The van der Waals surface area contributed by atoms with Crippen molar-refractivity contribution in [3.8, 4) is 28.1 Å². The van der Waals surface area contributed by atoms with Gasteiger partial charge in [-0.05, 0) is 48.7 Å². The van der Waals surface area contributed by atoms with Gasteiger partial charge in [-0.3, -0.25) is 0 Å². The van der Waals surface area contributed by atoms with Crippen LogP contribution in [0.5, 0.6) is 5.75 Å². The summed E-state index contributed by atoms with van der Waals surface area (Å²) in [5.74, 6) is -0.551. The van der Waals surface area contributed by atoms with Crippen molar-refractivity contribution >= 4 is 17.6 Å². The van der Waals surface area contributed by atoms with Crippen molar-refractivity contribution in [1.82, 2.24) is 4.98 Å². The molecule has 29 heavy (non-hydrogen) atoms. The van der Waals surface area contributed by atoms with Gasteiger partial charge >= 0.3 is 29.6 Å². The fourth-order valence-corrected chi connectivity index (χ4v) is 3.26. The summed E-state index contributed by atoms with van der Waals surface area (Å²) in [5, 5.41) is 11.8. The minimum absolute atomic E-state index is 0. The maximum absolute atomic E-state index is 11.2. The summed E-state index contributed by atoms with van der Waals surface area (Å²) in [5.41, 5.74) is 3.24. The molecule has 4 nitrogen and oxygen atoms in total. The molecule has 2 aromatic carbocycles. The van der Waals surface area contributed by atoms with E-state index in [9.17, 15) is 9.90 Å². The van der Waals surface area contributed by atoms with E-state index in [0.717, 1.165) is 22.4 Å². The number of aromatic carboxylic acids is 1. The molecule has 0 saturated heterocycles. The largest absolute Gasteiger partial charge is 1.00 e. The van der Waals surface area contributed by atoms with E-state index in [4.69, 9.17) is 16.3 Å². The topological polar surface area (TPSA) is 62.2 Å². The number of benzene rings is 2. The fourth-order valence-electron chi connectivity index (χ4n) is 3.09. The molecule has 0 unspecified atom stereocenters. The molecule has 1 heterocycles. The van der Waals surface area contributed by atoms with Gasteiger partial charge in [-0.25, -0.2) is 4.98 Å². The summed E-state index contributed by atoms with van der Waals surface area (Å²) < 4.78 is 6.14. The van der Waals surface area contributed by atoms with Crippen molar-refractivity contribution < 1.29 is 44.2 Å². The van der Waals surface area contributed by atoms with Gasteiger partial charge in [-0.15, -0.1) is 0 Å². The van der Waals surface area contributed by atoms with Crippen LogP contribution in [-0.4, -0.2) is 17.6 Å². The molecule has 4 rings (SSSR count). The summed E-state index contributed by atoms with van der Waals surface area (Å²) in [6, 6.07) is 18.1. The van der Waals surface area contributed by atoms with Crippen LogP contribution in [0.25, 0.3) is 22.4 Å². The average Bonchev–Trinajstić information content (AvgIpc) is 3.44. The first-order valence-electron chi connectivity index (χ1n) is 9.16. The molecule has 0 aliphatic heterocycles. The molecule has 0 N–H and O–H groups in total. The maximum Gasteiger partial charge on any atom is 1.00 e. The summed E-state index contributed by atoms with van der Waals surface area (Å²) in [6.07, 6.45) is 2.35. The minimum atomic E-state index is -1.30. The first kappa shape index (κ1) is 21.8. The minimum Gasteiger partial charge on any atom is -0.543 e. The Morgan fingerprint density at radius 2 is 1.79 bits per heavy atom. The Hall–Kier alpha value is -1.85. The number of hydrogen-bond acceptors (Lipinski definition) is 4. The number of halogens is 1. The molecular weight excluding hydrogens is 397 g/mol. The molecule has 1 aliphatic carbocycles. The van der Waals surface area contributed by atoms with Gasteiger partial charge in [0.05, 0.1) is 24.0 Å². The number of pyridine rings is 1. The molecule has 0 amide bonds. The van der Waals surface area contributed by atoms with Gasteiger partial charge in [0.1, 0.15) is 5.75 Å². The molecule has 1 fully saturated rings. The Labute approximate surface area is 197 Å². The van der Waals surface area contributed by atoms with Crippen LogP contribution in [-0.2, 0) is 0 Å². The summed E-state index contributed by atoms with van der Waals surface area (Å²) in [7, 11) is 0. The number of aromatic nitrogens is 1. The van der Waals surface area contributed by atoms with E-state index < -0.39 is 5.97 Å². The smallest absolute Gasteiger partial charge is 0.543 e. The molecule has 0 atom stereocenters. The number of carboxylic acids is 1. The zero-order valence-corrected chi connectivity index (χ0v) is 19.2. The molecular formula is C23H19ClNNaO3. The van der Waals surface area contributed by atoms with E-state index >= 15 is 0 Å². The Kier molecular flexibility index (Phi) is 6.69. The van der Waals surface area contributed by atoms with Gasteiger partial charge in [-0.1, -0.05) is 48.9 Å². The third-order valence-corrected chi connectivity index (χ3v) is 5.31. The number of carbonyl (C=O) groups is 1. The number of carboxylic acid groups (broad SMARTS) is 1. The molecule has 1 saturated carbocycles. The summed E-state index contributed by atoms with van der Waals surface area (Å²) in [6.45, 7) is 2.87. The molecule has 142 valence electrons. The molecule has 6 heteroatoms. The molecule has 1 aliphatic rings. The van der Waals surface area contributed by atoms with Crippen molar-refractivity contribution in [3.63, 3.8) is 0 Å². The SMILES string of the molecule is CC1(COc2ccc(Cl)cc2-c2ccccc2-c2cccc(C(=O)[O-])n2)CC1.[Na+]. The molecule has 0 bridgehead atoms. The van der Waals surface area contributed by atoms with Crippen molar-refractivity contribution in [2.24, 2.45) is 5.41 Å². The molecule has 0 radical (unpaired) electrons. The van der Waals surface area contributed by atoms with Gasteiger partial charge in [0.15, 0.2) is 0 Å². The van der Waals surface area contributed by atoms with E-state index in [-0.39, 0.29) is 40.7 Å². The van der Waals surface area contributed by atoms with Crippen LogP contribution in [0, 0.1) is 5.41 Å². The van der Waals surface area contributed by atoms with Crippen molar-refractivity contribution in [2.45, 2.75) is 19.8 Å². The second kappa shape index (κ2) is 8.88. The standard InChI is InChI=1S/C23H20ClNO3.Na/c1-23(11-12-23)14-28-21-10-9-15(24)13-18(21)16-5-2-3-6-17(16)19-7-4-8-20(25-19)22(26)27;/h2-10,13H,11-12,14H2,1H3,(H,26,27);/q;+1/p-1. The second-order valence-electron chi connectivity index (χ2n) is 7.48. The van der Waals surface area contributed by atoms with Crippen LogP contribution in [0.2, 0.25) is 5.02 Å². The Balaban J connectivity index is 0.00000240. The number of nitrogens with zero attached hydrogens (tertiary/aromatic N) is 1. The molecule has 1 aromatic heterocycles. The predicted octanol–water partition coefficient (Wildman–Crippen LogP) is 1.62. The summed E-state index contributed by atoms with van der Waals surface area (Å²) >= 11 is 6.28. The first-order valence-corrected chi connectivity index (χ1v) is 9.54. The van der Waals surface area contributed by atoms with E-state index in [2.05, 4.69) is 11.9 Å². The third-order valence-electron chi connectivity index (χ3n) is 5.07. The Bertz CT molecular complexity index is 1050. The number of carbonyl (C=O) groups excluding carboxylic acids is 1.